The Morgan fingerprint density at radius 3 is 2.48 bits per heavy atom. The predicted octanol–water partition coefficient (Wildman–Crippen LogP) is 3.77. The van der Waals surface area contributed by atoms with Crippen LogP contribution in [0, 0.1) is 22.7 Å². The maximum absolute atomic E-state index is 17.7. The molecule has 320 valence electrons. The number of Topliss-reactive ketones (excluding diaryl/α,β-unsaturated/α-hetero) is 1. The minimum Gasteiger partial charge on any atom is -0.481 e. The molecule has 3 saturated carbocycles. The lowest BCUT2D eigenvalue weighted by Crippen LogP contribution is -2.69. The lowest BCUT2D eigenvalue weighted by atomic mass is 9.44. The van der Waals surface area contributed by atoms with Gasteiger partial charge < -0.3 is 40.7 Å². The molecule has 2 aromatic carbocycles. The van der Waals surface area contributed by atoms with Crippen molar-refractivity contribution in [2.24, 2.45) is 22.7 Å². The monoisotopic (exact) mass is 893 g/mol. The molecular weight excluding hydrogens is 845 g/mol. The Morgan fingerprint density at radius 2 is 1.78 bits per heavy atom. The molecule has 1 aliphatic heterocycles. The largest absolute Gasteiger partial charge is 0.481 e. The van der Waals surface area contributed by atoms with Crippen LogP contribution in [0.25, 0.3) is 0 Å². The van der Waals surface area contributed by atoms with Crippen LogP contribution < -0.4 is 16.0 Å². The molecule has 16 heteroatoms. The summed E-state index contributed by atoms with van der Waals surface area (Å²) in [7, 11) is 0. The number of ketones is 2. The topological polar surface area (TPSA) is 218 Å². The summed E-state index contributed by atoms with van der Waals surface area (Å²) >= 11 is 2.98. The number of allylic oxidation sites excluding steroid dienone is 4. The molecule has 5 aliphatic rings. The van der Waals surface area contributed by atoms with Gasteiger partial charge in [-0.1, -0.05) is 70.9 Å². The summed E-state index contributed by atoms with van der Waals surface area (Å²) in [6, 6.07) is 13.2. The smallest absolute Gasteiger partial charge is 0.303 e. The molecule has 6 N–H and O–H groups in total. The van der Waals surface area contributed by atoms with Gasteiger partial charge in [0.15, 0.2) is 29.1 Å². The maximum Gasteiger partial charge on any atom is 0.303 e. The van der Waals surface area contributed by atoms with Crippen LogP contribution in [0.5, 0.6) is 0 Å². The van der Waals surface area contributed by atoms with Gasteiger partial charge in [0.25, 0.3) is 0 Å². The van der Waals surface area contributed by atoms with Crippen LogP contribution in [0.3, 0.4) is 0 Å². The number of fused-ring (bicyclic) bond motifs is 7. The van der Waals surface area contributed by atoms with Crippen LogP contribution in [0.15, 0.2) is 72.3 Å². The summed E-state index contributed by atoms with van der Waals surface area (Å²) in [5, 5.41) is 38.9. The highest BCUT2D eigenvalue weighted by Crippen LogP contribution is 2.72. The van der Waals surface area contributed by atoms with Crippen LogP contribution >= 0.6 is 15.9 Å². The number of rotatable bonds is 14. The zero-order valence-corrected chi connectivity index (χ0v) is 34.8. The molecule has 4 aliphatic carbocycles. The molecule has 4 fully saturated rings. The van der Waals surface area contributed by atoms with Gasteiger partial charge in [0.1, 0.15) is 12.6 Å². The first-order valence-corrected chi connectivity index (χ1v) is 21.2. The Morgan fingerprint density at radius 1 is 1.03 bits per heavy atom. The van der Waals surface area contributed by atoms with E-state index in [1.807, 2.05) is 31.2 Å². The number of carbonyl (C=O) groups is 6. The Balaban J connectivity index is 1.04. The van der Waals surface area contributed by atoms with Gasteiger partial charge in [0.05, 0.1) is 24.1 Å². The number of hydrogen-bond acceptors (Lipinski definition) is 10. The molecule has 2 aromatic rings. The van der Waals surface area contributed by atoms with Crippen LogP contribution in [0.2, 0.25) is 0 Å². The summed E-state index contributed by atoms with van der Waals surface area (Å²) in [4.78, 5) is 74.4. The fourth-order valence-electron chi connectivity index (χ4n) is 10.8. The third kappa shape index (κ3) is 7.44. The SMILES string of the molecule is C[C@]12C=CC(=O)C=C1CC[C@H]1[C@@H]3C[C@H]4O[C@@H](c5cccc(Cc6ccc(NC(=O)[C@H](CCC(=O)O)NC(=O)CNC(=O)CBr)cc6)c5)O[C@@]4(C(=O)CO)[C@@]3(C)C[C@H](O)[C@@]12F. The first-order chi connectivity index (χ1) is 28.5. The van der Waals surface area contributed by atoms with Gasteiger partial charge in [-0.05, 0) is 86.8 Å². The third-order valence-corrected chi connectivity index (χ3v) is 14.2. The third-order valence-electron chi connectivity index (χ3n) is 13.7. The van der Waals surface area contributed by atoms with E-state index in [2.05, 4.69) is 31.9 Å². The van der Waals surface area contributed by atoms with E-state index in [-0.39, 0.29) is 43.3 Å². The molecule has 1 saturated heterocycles. The quantitative estimate of drug-likeness (QED) is 0.150. The van der Waals surface area contributed by atoms with Crippen molar-refractivity contribution in [1.82, 2.24) is 10.6 Å². The van der Waals surface area contributed by atoms with Gasteiger partial charge in [0, 0.05) is 34.4 Å². The summed E-state index contributed by atoms with van der Waals surface area (Å²) in [6.45, 7) is 2.37. The number of nitrogens with one attached hydrogen (secondary N) is 3. The molecule has 10 atom stereocenters. The number of alkyl halides is 2. The molecule has 0 radical (unpaired) electrons. The number of ether oxygens (including phenoxy) is 2. The van der Waals surface area contributed by atoms with Crippen molar-refractivity contribution < 1.29 is 58.0 Å². The number of carbonyl (C=O) groups excluding carboxylic acids is 5. The van der Waals surface area contributed by atoms with Crippen LogP contribution in [0.1, 0.15) is 75.4 Å². The number of amides is 3. The van der Waals surface area contributed by atoms with Crippen molar-refractivity contribution in [3.63, 3.8) is 0 Å². The van der Waals surface area contributed by atoms with Crippen molar-refractivity contribution >= 4 is 56.9 Å². The van der Waals surface area contributed by atoms with Gasteiger partial charge in [0.2, 0.25) is 17.7 Å². The molecule has 7 rings (SSSR count). The molecule has 60 heavy (non-hydrogen) atoms. The zero-order chi connectivity index (χ0) is 43.2. The minimum atomic E-state index is -2.10. The lowest BCUT2D eigenvalue weighted by molar-refractivity contribution is -0.231. The molecule has 0 bridgehead atoms. The lowest BCUT2D eigenvalue weighted by Gasteiger charge is -2.62. The average Bonchev–Trinajstić information content (AvgIpc) is 3.72. The van der Waals surface area contributed by atoms with Gasteiger partial charge in [-0.3, -0.25) is 28.8 Å². The second kappa shape index (κ2) is 16.7. The van der Waals surface area contributed by atoms with E-state index in [0.29, 0.717) is 36.1 Å². The molecule has 0 spiro atoms. The van der Waals surface area contributed by atoms with E-state index in [1.54, 1.807) is 37.3 Å². The second-order valence-electron chi connectivity index (χ2n) is 17.0. The van der Waals surface area contributed by atoms with Crippen molar-refractivity contribution in [2.75, 3.05) is 23.8 Å². The van der Waals surface area contributed by atoms with Crippen molar-refractivity contribution in [3.05, 3.63) is 89.0 Å². The number of anilines is 1. The normalized spacial score (nSPS) is 33.0. The highest BCUT2D eigenvalue weighted by Gasteiger charge is 2.79. The first kappa shape index (κ1) is 43.5. The van der Waals surface area contributed by atoms with Gasteiger partial charge in [-0.15, -0.1) is 0 Å². The molecule has 3 amide bonds. The van der Waals surface area contributed by atoms with E-state index in [0.717, 1.165) is 11.1 Å². The molecule has 0 unspecified atom stereocenters. The van der Waals surface area contributed by atoms with Gasteiger partial charge in [-0.2, -0.15) is 0 Å². The van der Waals surface area contributed by atoms with Crippen molar-refractivity contribution in [3.8, 4) is 0 Å². The number of carboxylic acid groups (broad SMARTS) is 1. The molecule has 14 nitrogen and oxygen atoms in total. The fourth-order valence-corrected chi connectivity index (χ4v) is 10.9. The summed E-state index contributed by atoms with van der Waals surface area (Å²) < 4.78 is 31.0. The number of aliphatic carboxylic acids is 1. The second-order valence-corrected chi connectivity index (χ2v) is 17.5. The Labute approximate surface area is 354 Å². The Hall–Kier alpha value is -4.61. The van der Waals surface area contributed by atoms with E-state index in [1.165, 1.54) is 12.2 Å². The van der Waals surface area contributed by atoms with Gasteiger partial charge >= 0.3 is 5.97 Å². The van der Waals surface area contributed by atoms with E-state index < -0.39 is 94.6 Å². The van der Waals surface area contributed by atoms with E-state index >= 15 is 4.39 Å². The zero-order valence-electron chi connectivity index (χ0n) is 33.2. The van der Waals surface area contributed by atoms with Gasteiger partial charge in [-0.25, -0.2) is 4.39 Å². The summed E-state index contributed by atoms with van der Waals surface area (Å²) in [6.07, 6.45) is 2.05. The van der Waals surface area contributed by atoms with Crippen molar-refractivity contribution in [1.29, 1.82) is 0 Å². The summed E-state index contributed by atoms with van der Waals surface area (Å²) in [5.41, 5.74) is -2.60. The maximum atomic E-state index is 17.7. The Bertz CT molecular complexity index is 2150. The summed E-state index contributed by atoms with van der Waals surface area (Å²) in [5.74, 6) is -4.73. The van der Waals surface area contributed by atoms with Crippen LogP contribution in [-0.2, 0) is 44.7 Å². The first-order valence-electron chi connectivity index (χ1n) is 20.1. The van der Waals surface area contributed by atoms with E-state index in [4.69, 9.17) is 14.6 Å². The molecular formula is C44H49BrFN3O11. The highest BCUT2D eigenvalue weighted by molar-refractivity contribution is 9.09. The van der Waals surface area contributed by atoms with Crippen molar-refractivity contribution in [2.45, 2.75) is 94.6 Å². The number of aliphatic hydroxyl groups is 2. The van der Waals surface area contributed by atoms with Crippen LogP contribution in [-0.4, -0.2) is 98.6 Å². The number of aliphatic hydroxyl groups excluding tert-OH is 2. The fraction of sp³-hybridized carbons (Fsp3) is 0.500. The van der Waals surface area contributed by atoms with Crippen LogP contribution in [0.4, 0.5) is 10.1 Å². The standard InChI is InChI=1S/C44H49BrFN3O11/c1-41-15-14-29(51)18-27(41)8-11-30-31-19-35-44(34(53)23-50,42(31,2)20-33(52)43(30,41)46)60-40(59-35)26-5-3-4-25(17-26)16-24-6-9-28(10-7-24)48-39(58)32(12-13-38(56)57)49-37(55)22-47-36(54)21-45/h3-7,9-10,14-15,17-18,30-33,35,40,50,52H,8,11-13,16,19-23H2,1-2H3,(H,47,54)(H,48,58)(H,49,55)(H,56,57)/t30-,31-,32-,33-,35+,40+,41-,42-,43-,44+/m0/s1. The Kier molecular flexibility index (Phi) is 12.1. The van der Waals surface area contributed by atoms with E-state index in [9.17, 15) is 39.0 Å². The highest BCUT2D eigenvalue weighted by atomic mass is 79.9. The number of benzene rings is 2. The molecule has 0 aromatic heterocycles. The minimum absolute atomic E-state index is 0.0102. The number of halogens is 2. The number of carboxylic acids is 1. The number of hydrogen-bond donors (Lipinski definition) is 6. The average molecular weight is 895 g/mol. The molecule has 1 heterocycles. The predicted molar refractivity (Wildman–Crippen MR) is 217 cm³/mol.